The number of allylic oxidation sites excluding steroid dienone is 4. The first-order valence-electron chi connectivity index (χ1n) is 9.92. The van der Waals surface area contributed by atoms with Gasteiger partial charge in [-0.2, -0.15) is 0 Å². The molecule has 2 aromatic carbocycles. The number of nitrogens with zero attached hydrogens (tertiary/aromatic N) is 2. The van der Waals surface area contributed by atoms with Crippen LogP contribution in [0.1, 0.15) is 38.7 Å². The number of likely N-dealkylation sites (N-methyl/N-ethyl adjacent to an activating group) is 1. The monoisotopic (exact) mass is 407 g/mol. The first kappa shape index (κ1) is 22.6. The van der Waals surface area contributed by atoms with E-state index in [0.29, 0.717) is 5.84 Å². The molecule has 0 radical (unpaired) electrons. The summed E-state index contributed by atoms with van der Waals surface area (Å²) < 4.78 is 0. The van der Waals surface area contributed by atoms with Crippen LogP contribution in [-0.4, -0.2) is 28.6 Å². The maximum Gasteiger partial charge on any atom is 0.216 e. The molecule has 0 saturated heterocycles. The summed E-state index contributed by atoms with van der Waals surface area (Å²) >= 11 is 5.91. The lowest BCUT2D eigenvalue weighted by Crippen LogP contribution is -2.46. The fraction of sp³-hybridized carbons (Fsp3) is 0.280. The number of nitrogens with one attached hydrogen (secondary N) is 1. The molecule has 29 heavy (non-hydrogen) atoms. The molecular weight excluding hydrogens is 378 g/mol. The molecule has 0 aliphatic carbocycles. The van der Waals surface area contributed by atoms with Crippen molar-refractivity contribution in [2.45, 2.75) is 38.6 Å². The molecule has 0 aliphatic heterocycles. The van der Waals surface area contributed by atoms with Gasteiger partial charge in [-0.1, -0.05) is 80.3 Å². The number of hydrogen-bond acceptors (Lipinski definition) is 1. The maximum absolute atomic E-state index is 7.78. The Bertz CT molecular complexity index is 942. The van der Waals surface area contributed by atoms with Crippen LogP contribution in [0.3, 0.4) is 0 Å². The predicted octanol–water partition coefficient (Wildman–Crippen LogP) is 6.94. The quantitative estimate of drug-likeness (QED) is 0.166. The fourth-order valence-corrected chi connectivity index (χ4v) is 3.38. The number of aliphatic imine (C=N–C) groups is 1. The van der Waals surface area contributed by atoms with Crippen molar-refractivity contribution in [2.24, 2.45) is 4.99 Å². The van der Waals surface area contributed by atoms with E-state index in [4.69, 9.17) is 17.0 Å². The first-order valence-corrected chi connectivity index (χ1v) is 10.3. The van der Waals surface area contributed by atoms with Crippen LogP contribution in [-0.2, 0) is 0 Å². The average molecular weight is 408 g/mol. The minimum atomic E-state index is -0.279. The molecule has 0 bridgehead atoms. The Balaban J connectivity index is 2.49. The molecule has 2 aromatic rings. The smallest absolute Gasteiger partial charge is 0.216 e. The highest BCUT2D eigenvalue weighted by Crippen LogP contribution is 2.26. The summed E-state index contributed by atoms with van der Waals surface area (Å²) in [6, 6.07) is 14.4. The van der Waals surface area contributed by atoms with Crippen molar-refractivity contribution in [3.63, 3.8) is 0 Å². The highest BCUT2D eigenvalue weighted by molar-refractivity contribution is 6.64. The second kappa shape index (κ2) is 10.8. The fourth-order valence-electron chi connectivity index (χ4n) is 3.30. The van der Waals surface area contributed by atoms with Crippen molar-refractivity contribution >= 4 is 33.5 Å². The largest absolute Gasteiger partial charge is 0.350 e. The Labute approximate surface area is 179 Å². The number of rotatable bonds is 8. The third-order valence-corrected chi connectivity index (χ3v) is 5.18. The molecule has 0 aromatic heterocycles. The van der Waals surface area contributed by atoms with Crippen molar-refractivity contribution < 1.29 is 0 Å². The summed E-state index contributed by atoms with van der Waals surface area (Å²) in [5.41, 5.74) is 0.660. The molecule has 0 spiro atoms. The van der Waals surface area contributed by atoms with E-state index in [1.54, 1.807) is 6.08 Å². The number of benzene rings is 2. The summed E-state index contributed by atoms with van der Waals surface area (Å²) in [6.07, 6.45) is 13.0. The summed E-state index contributed by atoms with van der Waals surface area (Å²) in [6.45, 7) is 8.05. The van der Waals surface area contributed by atoms with Crippen LogP contribution in [0.15, 0.2) is 84.4 Å². The van der Waals surface area contributed by atoms with Gasteiger partial charge in [0.25, 0.3) is 0 Å². The van der Waals surface area contributed by atoms with Gasteiger partial charge in [-0.05, 0) is 54.6 Å². The van der Waals surface area contributed by atoms with E-state index >= 15 is 0 Å². The van der Waals surface area contributed by atoms with Crippen molar-refractivity contribution in [3.8, 4) is 0 Å². The van der Waals surface area contributed by atoms with Gasteiger partial charge in [-0.15, -0.1) is 0 Å². The molecule has 0 saturated carbocycles. The Morgan fingerprint density at radius 1 is 1.21 bits per heavy atom. The van der Waals surface area contributed by atoms with Crippen LogP contribution in [0.5, 0.6) is 0 Å². The van der Waals surface area contributed by atoms with Crippen LogP contribution in [0, 0.1) is 5.41 Å². The zero-order valence-corrected chi connectivity index (χ0v) is 18.3. The third-order valence-electron chi connectivity index (χ3n) is 5.10. The Kier molecular flexibility index (Phi) is 8.41. The van der Waals surface area contributed by atoms with Crippen LogP contribution >= 0.6 is 11.6 Å². The summed E-state index contributed by atoms with van der Waals surface area (Å²) in [5.74, 6) is 0.687. The van der Waals surface area contributed by atoms with E-state index in [-0.39, 0.29) is 10.8 Å². The van der Waals surface area contributed by atoms with Gasteiger partial charge in [-0.3, -0.25) is 5.41 Å². The van der Waals surface area contributed by atoms with Crippen LogP contribution in [0.2, 0.25) is 0 Å². The third kappa shape index (κ3) is 6.16. The van der Waals surface area contributed by atoms with Gasteiger partial charge in [0.15, 0.2) is 0 Å². The van der Waals surface area contributed by atoms with Crippen LogP contribution in [0.4, 0.5) is 0 Å². The molecular formula is C25H30ClN3. The number of fused-ring (bicyclic) bond motifs is 1. The molecule has 3 nitrogen and oxygen atoms in total. The zero-order valence-electron chi connectivity index (χ0n) is 17.5. The molecule has 0 amide bonds. The lowest BCUT2D eigenvalue weighted by Gasteiger charge is -2.39. The first-order chi connectivity index (χ1) is 13.9. The standard InChI is InChI=1S/C25H30ClN3/c1-5-7-9-12-18-25(3,17-8-6-2)29(4)23(28-24(26)27)22-16-15-20-13-10-11-14-21(20)19-22/h5,7-11,13-17,19,27H,1,6,12,18H2,2-4H3/b9-7-,17-8-,27-24?,28-23-. The topological polar surface area (TPSA) is 39.5 Å². The van der Waals surface area contributed by atoms with Gasteiger partial charge in [0, 0.05) is 12.6 Å². The van der Waals surface area contributed by atoms with Gasteiger partial charge in [0.05, 0.1) is 5.54 Å². The van der Waals surface area contributed by atoms with Gasteiger partial charge in [0.2, 0.25) is 5.29 Å². The molecule has 0 aliphatic rings. The molecule has 152 valence electrons. The van der Waals surface area contributed by atoms with Crippen LogP contribution < -0.4 is 0 Å². The second-order valence-electron chi connectivity index (χ2n) is 7.22. The minimum Gasteiger partial charge on any atom is -0.350 e. The molecule has 1 atom stereocenters. The normalized spacial score (nSPS) is 14.4. The minimum absolute atomic E-state index is 0.228. The van der Waals surface area contributed by atoms with Gasteiger partial charge in [-0.25, -0.2) is 4.99 Å². The highest BCUT2D eigenvalue weighted by atomic mass is 35.5. The van der Waals surface area contributed by atoms with Crippen molar-refractivity contribution in [1.29, 1.82) is 5.41 Å². The van der Waals surface area contributed by atoms with Gasteiger partial charge < -0.3 is 4.90 Å². The van der Waals surface area contributed by atoms with Crippen molar-refractivity contribution in [2.75, 3.05) is 7.05 Å². The molecule has 0 fully saturated rings. The summed E-state index contributed by atoms with van der Waals surface area (Å²) in [4.78, 5) is 6.52. The molecule has 2 rings (SSSR count). The average Bonchev–Trinajstić information content (AvgIpc) is 2.72. The lowest BCUT2D eigenvalue weighted by molar-refractivity contribution is 0.277. The second-order valence-corrected chi connectivity index (χ2v) is 7.58. The van der Waals surface area contributed by atoms with E-state index in [0.717, 1.165) is 30.2 Å². The lowest BCUT2D eigenvalue weighted by atomic mass is 9.91. The maximum atomic E-state index is 7.78. The SMILES string of the molecule is C=C/C=C\CCC(C)(/C=C\CC)N(C)/C(=N\C(=N)Cl)c1ccc2ccccc2c1. The predicted molar refractivity (Wildman–Crippen MR) is 128 cm³/mol. The molecule has 1 N–H and O–H groups in total. The van der Waals surface area contributed by atoms with E-state index in [1.165, 1.54) is 5.39 Å². The van der Waals surface area contributed by atoms with E-state index in [9.17, 15) is 0 Å². The van der Waals surface area contributed by atoms with Crippen molar-refractivity contribution in [1.82, 2.24) is 4.90 Å². The van der Waals surface area contributed by atoms with Crippen molar-refractivity contribution in [3.05, 3.63) is 85.0 Å². The van der Waals surface area contributed by atoms with Gasteiger partial charge >= 0.3 is 0 Å². The highest BCUT2D eigenvalue weighted by Gasteiger charge is 2.29. The van der Waals surface area contributed by atoms with Crippen LogP contribution in [0.25, 0.3) is 10.8 Å². The Hall–Kier alpha value is -2.65. The van der Waals surface area contributed by atoms with Gasteiger partial charge in [0.1, 0.15) is 5.84 Å². The number of amidine groups is 2. The Morgan fingerprint density at radius 2 is 1.93 bits per heavy atom. The Morgan fingerprint density at radius 3 is 2.59 bits per heavy atom. The zero-order chi connectivity index (χ0) is 21.3. The van der Waals surface area contributed by atoms with E-state index in [2.05, 4.69) is 72.8 Å². The number of hydrogen-bond donors (Lipinski definition) is 1. The summed E-state index contributed by atoms with van der Waals surface area (Å²) in [5, 5.41) is 9.85. The van der Waals surface area contributed by atoms with E-state index < -0.39 is 0 Å². The molecule has 1 unspecified atom stereocenters. The van der Waals surface area contributed by atoms with E-state index in [1.807, 2.05) is 31.3 Å². The molecule has 0 heterocycles. The number of halogens is 1. The summed E-state index contributed by atoms with van der Waals surface area (Å²) in [7, 11) is 2.02. The molecule has 4 heteroatoms.